The fourth-order valence-corrected chi connectivity index (χ4v) is 2.62. The molecule has 17 heavy (non-hydrogen) atoms. The quantitative estimate of drug-likeness (QED) is 0.878. The van der Waals surface area contributed by atoms with Gasteiger partial charge in [0.15, 0.2) is 0 Å². The van der Waals surface area contributed by atoms with E-state index in [1.165, 1.54) is 10.4 Å². The molecule has 2 rings (SSSR count). The third-order valence-corrected chi connectivity index (χ3v) is 3.92. The van der Waals surface area contributed by atoms with E-state index in [2.05, 4.69) is 29.8 Å². The van der Waals surface area contributed by atoms with Gasteiger partial charge < -0.3 is 5.32 Å². The predicted octanol–water partition coefficient (Wildman–Crippen LogP) is 4.42. The van der Waals surface area contributed by atoms with Crippen molar-refractivity contribution in [1.29, 1.82) is 0 Å². The molecule has 0 atom stereocenters. The second-order valence-electron chi connectivity index (χ2n) is 3.72. The van der Waals surface area contributed by atoms with Crippen LogP contribution in [0.25, 0.3) is 0 Å². The Morgan fingerprint density at radius 3 is 2.59 bits per heavy atom. The first kappa shape index (κ1) is 14.5. The average molecular weight is 288 g/mol. The molecule has 0 saturated carbocycles. The molecule has 1 aromatic carbocycles. The second-order valence-corrected chi connectivity index (χ2v) is 5.13. The maximum Gasteiger partial charge on any atom is 0.0450 e. The highest BCUT2D eigenvalue weighted by molar-refractivity contribution is 7.10. The molecule has 0 fully saturated rings. The second kappa shape index (κ2) is 7.02. The molecule has 0 saturated heterocycles. The highest BCUT2D eigenvalue weighted by atomic mass is 35.5. The predicted molar refractivity (Wildman–Crippen MR) is 78.3 cm³/mol. The Hall–Kier alpha value is -0.540. The molecule has 1 aromatic heterocycles. The van der Waals surface area contributed by atoms with E-state index in [-0.39, 0.29) is 12.4 Å². The molecule has 1 nitrogen and oxygen atoms in total. The number of rotatable bonds is 4. The summed E-state index contributed by atoms with van der Waals surface area (Å²) in [5.74, 6) is 0. The van der Waals surface area contributed by atoms with Crippen LogP contribution in [0.2, 0.25) is 5.02 Å². The van der Waals surface area contributed by atoms with Crippen LogP contribution in [0, 0.1) is 6.92 Å². The van der Waals surface area contributed by atoms with Crippen LogP contribution in [0.4, 0.5) is 0 Å². The Balaban J connectivity index is 0.00000144. The van der Waals surface area contributed by atoms with E-state index in [1.807, 2.05) is 18.2 Å². The van der Waals surface area contributed by atoms with Crippen molar-refractivity contribution in [3.63, 3.8) is 0 Å². The van der Waals surface area contributed by atoms with E-state index < -0.39 is 0 Å². The van der Waals surface area contributed by atoms with Crippen molar-refractivity contribution in [2.24, 2.45) is 0 Å². The van der Waals surface area contributed by atoms with Crippen LogP contribution >= 0.6 is 35.3 Å². The molecule has 0 amide bonds. The van der Waals surface area contributed by atoms with Crippen molar-refractivity contribution < 1.29 is 0 Å². The third-order valence-electron chi connectivity index (χ3n) is 2.53. The van der Waals surface area contributed by atoms with Crippen LogP contribution in [0.5, 0.6) is 0 Å². The molecule has 0 aliphatic heterocycles. The minimum atomic E-state index is 0. The van der Waals surface area contributed by atoms with Gasteiger partial charge >= 0.3 is 0 Å². The Labute approximate surface area is 117 Å². The summed E-state index contributed by atoms with van der Waals surface area (Å²) in [6, 6.07) is 10.1. The molecule has 0 spiro atoms. The molecule has 0 aliphatic carbocycles. The fraction of sp³-hybridized carbons (Fsp3) is 0.231. The van der Waals surface area contributed by atoms with Gasteiger partial charge in [0.05, 0.1) is 0 Å². The summed E-state index contributed by atoms with van der Waals surface area (Å²) in [5, 5.41) is 6.37. The molecule has 1 heterocycles. The summed E-state index contributed by atoms with van der Waals surface area (Å²) in [4.78, 5) is 1.40. The monoisotopic (exact) mass is 287 g/mol. The first-order valence-electron chi connectivity index (χ1n) is 5.24. The van der Waals surface area contributed by atoms with Crippen molar-refractivity contribution in [2.45, 2.75) is 20.0 Å². The lowest BCUT2D eigenvalue weighted by atomic mass is 10.2. The average Bonchev–Trinajstić information content (AvgIpc) is 2.67. The molecule has 0 radical (unpaired) electrons. The molecule has 92 valence electrons. The Morgan fingerprint density at radius 2 is 1.94 bits per heavy atom. The van der Waals surface area contributed by atoms with Crippen molar-refractivity contribution in [1.82, 2.24) is 5.32 Å². The molecule has 0 bridgehead atoms. The van der Waals surface area contributed by atoms with Gasteiger partial charge in [0.1, 0.15) is 0 Å². The van der Waals surface area contributed by atoms with Crippen molar-refractivity contribution in [3.8, 4) is 0 Å². The topological polar surface area (TPSA) is 12.0 Å². The Kier molecular flexibility index (Phi) is 6.00. The van der Waals surface area contributed by atoms with E-state index in [1.54, 1.807) is 11.3 Å². The van der Waals surface area contributed by atoms with Gasteiger partial charge in [-0.3, -0.25) is 0 Å². The summed E-state index contributed by atoms with van der Waals surface area (Å²) in [6.07, 6.45) is 0. The van der Waals surface area contributed by atoms with Gasteiger partial charge in [-0.2, -0.15) is 0 Å². The maximum atomic E-state index is 6.08. The number of nitrogens with one attached hydrogen (secondary N) is 1. The van der Waals surface area contributed by atoms with E-state index in [0.29, 0.717) is 0 Å². The highest BCUT2D eigenvalue weighted by Gasteiger charge is 2.01. The van der Waals surface area contributed by atoms with Gasteiger partial charge in [-0.1, -0.05) is 29.8 Å². The van der Waals surface area contributed by atoms with Gasteiger partial charge in [0.25, 0.3) is 0 Å². The van der Waals surface area contributed by atoms with Gasteiger partial charge in [0.2, 0.25) is 0 Å². The normalized spacial score (nSPS) is 10.0. The van der Waals surface area contributed by atoms with Gasteiger partial charge in [0, 0.05) is 23.0 Å². The first-order valence-corrected chi connectivity index (χ1v) is 6.50. The molecule has 0 unspecified atom stereocenters. The van der Waals surface area contributed by atoms with E-state index in [9.17, 15) is 0 Å². The van der Waals surface area contributed by atoms with E-state index >= 15 is 0 Å². The summed E-state index contributed by atoms with van der Waals surface area (Å²) in [7, 11) is 0. The van der Waals surface area contributed by atoms with Gasteiger partial charge in [-0.25, -0.2) is 0 Å². The number of benzene rings is 1. The largest absolute Gasteiger partial charge is 0.308 e. The molecule has 0 aliphatic rings. The molecule has 1 N–H and O–H groups in total. The first-order chi connectivity index (χ1) is 7.77. The summed E-state index contributed by atoms with van der Waals surface area (Å²) < 4.78 is 0. The Morgan fingerprint density at radius 1 is 1.18 bits per heavy atom. The molecular weight excluding hydrogens is 273 g/mol. The van der Waals surface area contributed by atoms with Crippen molar-refractivity contribution in [2.75, 3.05) is 0 Å². The van der Waals surface area contributed by atoms with Gasteiger partial charge in [-0.05, 0) is 35.6 Å². The number of hydrogen-bond acceptors (Lipinski definition) is 2. The highest BCUT2D eigenvalue weighted by Crippen LogP contribution is 2.17. The Bertz CT molecular complexity index is 468. The molecule has 2 aromatic rings. The van der Waals surface area contributed by atoms with Gasteiger partial charge in [-0.15, -0.1) is 23.7 Å². The van der Waals surface area contributed by atoms with E-state index in [0.717, 1.165) is 23.7 Å². The fourth-order valence-electron chi connectivity index (χ4n) is 1.54. The van der Waals surface area contributed by atoms with Crippen LogP contribution in [0.3, 0.4) is 0 Å². The zero-order valence-corrected chi connectivity index (χ0v) is 12.0. The van der Waals surface area contributed by atoms with Crippen LogP contribution in [-0.2, 0) is 13.1 Å². The zero-order chi connectivity index (χ0) is 11.4. The summed E-state index contributed by atoms with van der Waals surface area (Å²) in [5.41, 5.74) is 2.51. The molecular formula is C13H15Cl2NS. The lowest BCUT2D eigenvalue weighted by molar-refractivity contribution is 0.699. The number of hydrogen-bond donors (Lipinski definition) is 1. The minimum Gasteiger partial charge on any atom is -0.308 e. The van der Waals surface area contributed by atoms with E-state index in [4.69, 9.17) is 11.6 Å². The number of thiophene rings is 1. The van der Waals surface area contributed by atoms with Crippen molar-refractivity contribution >= 4 is 35.3 Å². The summed E-state index contributed by atoms with van der Waals surface area (Å²) >= 11 is 7.87. The lowest BCUT2D eigenvalue weighted by Crippen LogP contribution is -2.12. The van der Waals surface area contributed by atoms with Crippen LogP contribution in [-0.4, -0.2) is 0 Å². The number of aryl methyl sites for hydroxylation is 1. The standard InChI is InChI=1S/C13H14ClNS.ClH/c1-10-6-7-16-13(10)9-15-8-11-4-2-3-5-12(11)14;/h2-7,15H,8-9H2,1H3;1H. The zero-order valence-electron chi connectivity index (χ0n) is 9.57. The van der Waals surface area contributed by atoms with Crippen LogP contribution in [0.15, 0.2) is 35.7 Å². The summed E-state index contributed by atoms with van der Waals surface area (Å²) in [6.45, 7) is 3.87. The SMILES string of the molecule is Cc1ccsc1CNCc1ccccc1Cl.Cl. The smallest absolute Gasteiger partial charge is 0.0450 e. The maximum absolute atomic E-state index is 6.08. The van der Waals surface area contributed by atoms with Crippen LogP contribution < -0.4 is 5.32 Å². The lowest BCUT2D eigenvalue weighted by Gasteiger charge is -2.06. The van der Waals surface area contributed by atoms with Crippen molar-refractivity contribution in [3.05, 3.63) is 56.7 Å². The molecule has 4 heteroatoms. The number of halogens is 2. The minimum absolute atomic E-state index is 0. The van der Waals surface area contributed by atoms with Crippen LogP contribution in [0.1, 0.15) is 16.0 Å². The third kappa shape index (κ3) is 4.00.